The van der Waals surface area contributed by atoms with Crippen LogP contribution in [0, 0.1) is 0 Å². The Morgan fingerprint density at radius 3 is 2.78 bits per heavy atom. The number of hydrogen-bond acceptors (Lipinski definition) is 4. The first kappa shape index (κ1) is 13.8. The standard InChI is InChI=1S/C13H25N3O2/c1-15-5-3-2-4-12(15)10-14-11-13(17)16-6-8-18-9-7-16/h12,14H,2-11H2,1H3. The molecule has 1 unspecified atom stereocenters. The molecule has 2 saturated heterocycles. The van der Waals surface area contributed by atoms with Crippen LogP contribution in [0.3, 0.4) is 0 Å². The van der Waals surface area contributed by atoms with Crippen molar-refractivity contribution in [1.29, 1.82) is 0 Å². The number of amides is 1. The van der Waals surface area contributed by atoms with Crippen molar-refractivity contribution in [3.63, 3.8) is 0 Å². The largest absolute Gasteiger partial charge is 0.378 e. The summed E-state index contributed by atoms with van der Waals surface area (Å²) in [4.78, 5) is 16.2. The molecule has 104 valence electrons. The Balaban J connectivity index is 1.63. The third-order valence-electron chi connectivity index (χ3n) is 3.94. The molecular weight excluding hydrogens is 230 g/mol. The van der Waals surface area contributed by atoms with E-state index in [0.717, 1.165) is 19.6 Å². The summed E-state index contributed by atoms with van der Waals surface area (Å²) in [6.07, 6.45) is 3.86. The minimum absolute atomic E-state index is 0.205. The minimum Gasteiger partial charge on any atom is -0.378 e. The predicted molar refractivity (Wildman–Crippen MR) is 70.5 cm³/mol. The number of carbonyl (C=O) groups excluding carboxylic acids is 1. The molecule has 0 aromatic rings. The molecule has 1 N–H and O–H groups in total. The van der Waals surface area contributed by atoms with Crippen LogP contribution in [0.2, 0.25) is 0 Å². The van der Waals surface area contributed by atoms with Crippen molar-refractivity contribution < 1.29 is 9.53 Å². The third-order valence-corrected chi connectivity index (χ3v) is 3.94. The second-order valence-corrected chi connectivity index (χ2v) is 5.25. The number of morpholine rings is 1. The number of rotatable bonds is 4. The highest BCUT2D eigenvalue weighted by atomic mass is 16.5. The van der Waals surface area contributed by atoms with Gasteiger partial charge < -0.3 is 19.9 Å². The fourth-order valence-corrected chi connectivity index (χ4v) is 2.67. The molecular formula is C13H25N3O2. The topological polar surface area (TPSA) is 44.8 Å². The smallest absolute Gasteiger partial charge is 0.236 e. The second-order valence-electron chi connectivity index (χ2n) is 5.25. The highest BCUT2D eigenvalue weighted by Crippen LogP contribution is 2.13. The molecule has 5 nitrogen and oxygen atoms in total. The van der Waals surface area contributed by atoms with Crippen LogP contribution in [0.1, 0.15) is 19.3 Å². The van der Waals surface area contributed by atoms with Gasteiger partial charge in [-0.3, -0.25) is 4.79 Å². The van der Waals surface area contributed by atoms with E-state index in [4.69, 9.17) is 4.74 Å². The van der Waals surface area contributed by atoms with Gasteiger partial charge in [-0.2, -0.15) is 0 Å². The maximum Gasteiger partial charge on any atom is 0.236 e. The molecule has 0 bridgehead atoms. The van der Waals surface area contributed by atoms with Crippen molar-refractivity contribution in [1.82, 2.24) is 15.1 Å². The number of nitrogens with one attached hydrogen (secondary N) is 1. The van der Waals surface area contributed by atoms with E-state index >= 15 is 0 Å². The lowest BCUT2D eigenvalue weighted by molar-refractivity contribution is -0.134. The van der Waals surface area contributed by atoms with Gasteiger partial charge in [-0.05, 0) is 26.4 Å². The zero-order chi connectivity index (χ0) is 12.8. The Labute approximate surface area is 109 Å². The van der Waals surface area contributed by atoms with E-state index in [1.165, 1.54) is 25.8 Å². The summed E-state index contributed by atoms with van der Waals surface area (Å²) < 4.78 is 5.24. The van der Waals surface area contributed by atoms with Gasteiger partial charge in [-0.1, -0.05) is 6.42 Å². The van der Waals surface area contributed by atoms with E-state index in [-0.39, 0.29) is 5.91 Å². The molecule has 0 aliphatic carbocycles. The Morgan fingerprint density at radius 2 is 2.06 bits per heavy atom. The number of likely N-dealkylation sites (N-methyl/N-ethyl adjacent to an activating group) is 1. The van der Waals surface area contributed by atoms with Gasteiger partial charge in [0.2, 0.25) is 5.91 Å². The summed E-state index contributed by atoms with van der Waals surface area (Å²) in [5.74, 6) is 0.205. The fraction of sp³-hybridized carbons (Fsp3) is 0.923. The zero-order valence-electron chi connectivity index (χ0n) is 11.4. The summed E-state index contributed by atoms with van der Waals surface area (Å²) >= 11 is 0. The SMILES string of the molecule is CN1CCCCC1CNCC(=O)N1CCOCC1. The third kappa shape index (κ3) is 3.93. The molecule has 2 aliphatic rings. The number of carbonyl (C=O) groups is 1. The van der Waals surface area contributed by atoms with E-state index in [2.05, 4.69) is 17.3 Å². The van der Waals surface area contributed by atoms with Gasteiger partial charge >= 0.3 is 0 Å². The van der Waals surface area contributed by atoms with E-state index in [9.17, 15) is 4.79 Å². The maximum atomic E-state index is 11.9. The molecule has 1 atom stereocenters. The molecule has 2 rings (SSSR count). The van der Waals surface area contributed by atoms with Gasteiger partial charge in [0.05, 0.1) is 19.8 Å². The number of hydrogen-bond donors (Lipinski definition) is 1. The van der Waals surface area contributed by atoms with Crippen molar-refractivity contribution in [3.05, 3.63) is 0 Å². The minimum atomic E-state index is 0.205. The summed E-state index contributed by atoms with van der Waals surface area (Å²) in [6.45, 7) is 5.41. The molecule has 0 aromatic carbocycles. The van der Waals surface area contributed by atoms with Crippen molar-refractivity contribution in [2.75, 3.05) is 53.0 Å². The zero-order valence-corrected chi connectivity index (χ0v) is 11.4. The summed E-state index contributed by atoms with van der Waals surface area (Å²) in [5, 5.41) is 3.31. The number of likely N-dealkylation sites (tertiary alicyclic amines) is 1. The molecule has 0 radical (unpaired) electrons. The van der Waals surface area contributed by atoms with Gasteiger partial charge in [0.1, 0.15) is 0 Å². The van der Waals surface area contributed by atoms with Crippen molar-refractivity contribution in [3.8, 4) is 0 Å². The predicted octanol–water partition coefficient (Wildman–Crippen LogP) is -0.0809. The van der Waals surface area contributed by atoms with Crippen LogP contribution < -0.4 is 5.32 Å². The molecule has 1 amide bonds. The lowest BCUT2D eigenvalue weighted by Gasteiger charge is -2.33. The summed E-state index contributed by atoms with van der Waals surface area (Å²) in [5.41, 5.74) is 0. The average molecular weight is 255 g/mol. The van der Waals surface area contributed by atoms with Crippen LogP contribution in [0.15, 0.2) is 0 Å². The molecule has 0 saturated carbocycles. The summed E-state index contributed by atoms with van der Waals surface area (Å²) in [7, 11) is 2.18. The quantitative estimate of drug-likeness (QED) is 0.763. The number of piperidine rings is 1. The van der Waals surface area contributed by atoms with Crippen molar-refractivity contribution in [2.24, 2.45) is 0 Å². The van der Waals surface area contributed by atoms with Gasteiger partial charge in [0, 0.05) is 25.7 Å². The van der Waals surface area contributed by atoms with Gasteiger partial charge in [0.15, 0.2) is 0 Å². The molecule has 5 heteroatoms. The number of ether oxygens (including phenoxy) is 1. The van der Waals surface area contributed by atoms with Crippen molar-refractivity contribution >= 4 is 5.91 Å². The van der Waals surface area contributed by atoms with Crippen LogP contribution in [0.5, 0.6) is 0 Å². The Bertz CT molecular complexity index is 267. The normalized spacial score (nSPS) is 26.3. The molecule has 2 fully saturated rings. The highest BCUT2D eigenvalue weighted by Gasteiger charge is 2.20. The molecule has 0 spiro atoms. The Morgan fingerprint density at radius 1 is 1.28 bits per heavy atom. The fourth-order valence-electron chi connectivity index (χ4n) is 2.67. The second kappa shape index (κ2) is 7.07. The van der Waals surface area contributed by atoms with E-state index in [0.29, 0.717) is 25.8 Å². The lowest BCUT2D eigenvalue weighted by atomic mass is 10.0. The van der Waals surface area contributed by atoms with E-state index in [1.54, 1.807) is 0 Å². The van der Waals surface area contributed by atoms with Crippen molar-refractivity contribution in [2.45, 2.75) is 25.3 Å². The first-order valence-corrected chi connectivity index (χ1v) is 7.04. The highest BCUT2D eigenvalue weighted by molar-refractivity contribution is 5.78. The monoisotopic (exact) mass is 255 g/mol. The molecule has 0 aromatic heterocycles. The maximum absolute atomic E-state index is 11.9. The first-order valence-electron chi connectivity index (χ1n) is 7.04. The number of nitrogens with zero attached hydrogens (tertiary/aromatic N) is 2. The van der Waals surface area contributed by atoms with Gasteiger partial charge in [-0.25, -0.2) is 0 Å². The van der Waals surface area contributed by atoms with Crippen LogP contribution in [-0.2, 0) is 9.53 Å². The van der Waals surface area contributed by atoms with Crippen LogP contribution in [0.4, 0.5) is 0 Å². The van der Waals surface area contributed by atoms with E-state index in [1.807, 2.05) is 4.90 Å². The van der Waals surface area contributed by atoms with E-state index < -0.39 is 0 Å². The Hall–Kier alpha value is -0.650. The molecule has 2 heterocycles. The van der Waals surface area contributed by atoms with Crippen LogP contribution >= 0.6 is 0 Å². The van der Waals surface area contributed by atoms with Crippen LogP contribution in [0.25, 0.3) is 0 Å². The lowest BCUT2D eigenvalue weighted by Crippen LogP contribution is -2.48. The van der Waals surface area contributed by atoms with Crippen LogP contribution in [-0.4, -0.2) is 74.7 Å². The molecule has 2 aliphatic heterocycles. The Kier molecular flexibility index (Phi) is 5.41. The summed E-state index contributed by atoms with van der Waals surface area (Å²) in [6, 6.07) is 0.594. The van der Waals surface area contributed by atoms with Gasteiger partial charge in [-0.15, -0.1) is 0 Å². The first-order chi connectivity index (χ1) is 8.77. The average Bonchev–Trinajstić information content (AvgIpc) is 2.42. The molecule has 18 heavy (non-hydrogen) atoms. The van der Waals surface area contributed by atoms with Gasteiger partial charge in [0.25, 0.3) is 0 Å².